The Balaban J connectivity index is 1.58. The second-order valence-electron chi connectivity index (χ2n) is 11.8. The summed E-state index contributed by atoms with van der Waals surface area (Å²) in [7, 11) is -1.21. The summed E-state index contributed by atoms with van der Waals surface area (Å²) in [4.78, 5) is 13.0. The van der Waals surface area contributed by atoms with Crippen molar-refractivity contribution >= 4 is 36.7 Å². The molecule has 1 amide bonds. The molecule has 1 saturated heterocycles. The van der Waals surface area contributed by atoms with Gasteiger partial charge in [0.05, 0.1) is 23.9 Å². The third-order valence-corrected chi connectivity index (χ3v) is 9.65. The molecule has 1 atom stereocenters. The highest BCUT2D eigenvalue weighted by atomic mass is 35.5. The molecule has 1 N–H and O–H groups in total. The lowest BCUT2D eigenvalue weighted by molar-refractivity contribution is 0.00527. The minimum absolute atomic E-state index is 0.303. The van der Waals surface area contributed by atoms with E-state index in [4.69, 9.17) is 26.2 Å². The number of halogens is 2. The molecule has 0 radical (unpaired) electrons. The van der Waals surface area contributed by atoms with Crippen LogP contribution in [0.1, 0.15) is 42.7 Å². The number of aromatic nitrogens is 2. The minimum Gasteiger partial charge on any atom is -0.465 e. The summed E-state index contributed by atoms with van der Waals surface area (Å²) in [6.07, 6.45) is -0.0679. The van der Waals surface area contributed by atoms with Gasteiger partial charge in [-0.2, -0.15) is 5.10 Å². The summed E-state index contributed by atoms with van der Waals surface area (Å²) >= 11 is 6.54. The van der Waals surface area contributed by atoms with Crippen LogP contribution in [-0.4, -0.2) is 60.3 Å². The fourth-order valence-electron chi connectivity index (χ4n) is 5.22. The number of nitrogens with zero attached hydrogens (tertiary/aromatic N) is 3. The van der Waals surface area contributed by atoms with Crippen molar-refractivity contribution in [3.63, 3.8) is 0 Å². The van der Waals surface area contributed by atoms with E-state index in [2.05, 4.69) is 19.6 Å². The lowest BCUT2D eigenvalue weighted by Crippen LogP contribution is -2.47. The van der Waals surface area contributed by atoms with Gasteiger partial charge < -0.3 is 19.5 Å². The number of carbonyl (C=O) groups is 1. The van der Waals surface area contributed by atoms with Crippen molar-refractivity contribution in [1.82, 2.24) is 14.7 Å². The third kappa shape index (κ3) is 7.00. The number of likely N-dealkylation sites (tertiary alicyclic amines) is 1. The van der Waals surface area contributed by atoms with E-state index in [0.717, 1.165) is 33.8 Å². The molecule has 0 spiro atoms. The highest BCUT2D eigenvalue weighted by Gasteiger charge is 2.38. The molecular formula is C29H39ClFN3O4Si. The standard InChI is InChI=1S/C29H39ClFN3O4Si/c1-20-25-16-23(30)17-26(27(25)34(32-20)19-37-14-15-39(3,4)5)21(2)38-18-29(22-6-8-24(31)9-7-22)10-12-33(13-11-29)28(35)36/h6-9,16-17,21H,10-15,18-19H2,1-5H3,(H,35,36). The average molecular weight is 576 g/mol. The molecule has 1 aliphatic heterocycles. The molecule has 7 nitrogen and oxygen atoms in total. The normalized spacial score (nSPS) is 16.5. The Hall–Kier alpha value is -2.46. The van der Waals surface area contributed by atoms with Gasteiger partial charge in [-0.05, 0) is 62.6 Å². The highest BCUT2D eigenvalue weighted by molar-refractivity contribution is 6.76. The summed E-state index contributed by atoms with van der Waals surface area (Å²) in [5.41, 5.74) is 3.26. The zero-order chi connectivity index (χ0) is 28.4. The van der Waals surface area contributed by atoms with Crippen LogP contribution in [0.3, 0.4) is 0 Å². The fourth-order valence-corrected chi connectivity index (χ4v) is 6.21. The van der Waals surface area contributed by atoms with Gasteiger partial charge in [-0.25, -0.2) is 13.9 Å². The topological polar surface area (TPSA) is 76.8 Å². The van der Waals surface area contributed by atoms with Gasteiger partial charge in [0, 0.05) is 49.2 Å². The quantitative estimate of drug-likeness (QED) is 0.204. The van der Waals surface area contributed by atoms with Crippen molar-refractivity contribution in [3.8, 4) is 0 Å². The number of amides is 1. The molecule has 212 valence electrons. The van der Waals surface area contributed by atoms with E-state index in [1.165, 1.54) is 17.0 Å². The molecule has 1 fully saturated rings. The van der Waals surface area contributed by atoms with Gasteiger partial charge in [0.1, 0.15) is 12.5 Å². The maximum atomic E-state index is 13.7. The SMILES string of the molecule is Cc1nn(COCC[Si](C)(C)C)c2c(C(C)OCC3(c4ccc(F)cc4)CCN(C(=O)O)CC3)cc(Cl)cc12. The Morgan fingerprint density at radius 2 is 1.87 bits per heavy atom. The fraction of sp³-hybridized carbons (Fsp3) is 0.517. The summed E-state index contributed by atoms with van der Waals surface area (Å²) in [5, 5.41) is 15.8. The first-order chi connectivity index (χ1) is 18.4. The van der Waals surface area contributed by atoms with Crippen molar-refractivity contribution < 1.29 is 23.8 Å². The molecule has 3 aromatic rings. The predicted molar refractivity (Wildman–Crippen MR) is 155 cm³/mol. The molecule has 1 unspecified atom stereocenters. The van der Waals surface area contributed by atoms with E-state index in [-0.39, 0.29) is 11.9 Å². The van der Waals surface area contributed by atoms with E-state index in [1.807, 2.05) is 30.7 Å². The van der Waals surface area contributed by atoms with Gasteiger partial charge in [-0.3, -0.25) is 0 Å². The molecule has 0 aliphatic carbocycles. The number of piperidine rings is 1. The predicted octanol–water partition coefficient (Wildman–Crippen LogP) is 7.24. The Kier molecular flexibility index (Phi) is 9.05. The van der Waals surface area contributed by atoms with Crippen LogP contribution in [-0.2, 0) is 21.6 Å². The van der Waals surface area contributed by atoms with Gasteiger partial charge in [-0.15, -0.1) is 0 Å². The molecule has 1 aromatic heterocycles. The van der Waals surface area contributed by atoms with E-state index in [9.17, 15) is 14.3 Å². The van der Waals surface area contributed by atoms with Crippen LogP contribution >= 0.6 is 11.6 Å². The lowest BCUT2D eigenvalue weighted by atomic mass is 9.73. The van der Waals surface area contributed by atoms with Crippen LogP contribution in [0.2, 0.25) is 30.7 Å². The van der Waals surface area contributed by atoms with Crippen molar-refractivity contribution in [2.45, 2.75) is 70.6 Å². The molecule has 0 bridgehead atoms. The lowest BCUT2D eigenvalue weighted by Gasteiger charge is -2.41. The molecule has 4 rings (SSSR count). The second kappa shape index (κ2) is 12.0. The molecule has 1 aliphatic rings. The van der Waals surface area contributed by atoms with Crippen LogP contribution in [0.4, 0.5) is 9.18 Å². The van der Waals surface area contributed by atoms with Crippen LogP contribution in [0.25, 0.3) is 10.9 Å². The van der Waals surface area contributed by atoms with Gasteiger partial charge in [0.15, 0.2) is 0 Å². The number of ether oxygens (including phenoxy) is 2. The highest BCUT2D eigenvalue weighted by Crippen LogP contribution is 2.39. The maximum absolute atomic E-state index is 13.7. The molecule has 2 heterocycles. The summed E-state index contributed by atoms with van der Waals surface area (Å²) in [5.74, 6) is -0.303. The number of rotatable bonds is 10. The van der Waals surface area contributed by atoms with E-state index in [1.54, 1.807) is 12.1 Å². The monoisotopic (exact) mass is 575 g/mol. The Morgan fingerprint density at radius 1 is 1.21 bits per heavy atom. The van der Waals surface area contributed by atoms with E-state index in [0.29, 0.717) is 50.9 Å². The number of fused-ring (bicyclic) bond motifs is 1. The number of benzene rings is 2. The second-order valence-corrected chi connectivity index (χ2v) is 17.9. The molecule has 10 heteroatoms. The molecule has 39 heavy (non-hydrogen) atoms. The zero-order valence-corrected chi connectivity index (χ0v) is 25.2. The number of aryl methyl sites for hydroxylation is 1. The first-order valence-electron chi connectivity index (χ1n) is 13.5. The van der Waals surface area contributed by atoms with E-state index >= 15 is 0 Å². The third-order valence-electron chi connectivity index (χ3n) is 7.73. The van der Waals surface area contributed by atoms with Crippen LogP contribution < -0.4 is 0 Å². The number of carboxylic acid groups (broad SMARTS) is 1. The Labute approximate surface area is 235 Å². The maximum Gasteiger partial charge on any atom is 0.407 e. The molecule has 0 saturated carbocycles. The zero-order valence-electron chi connectivity index (χ0n) is 23.5. The first-order valence-corrected chi connectivity index (χ1v) is 17.6. The van der Waals surface area contributed by atoms with Gasteiger partial charge in [-0.1, -0.05) is 43.4 Å². The van der Waals surface area contributed by atoms with Crippen molar-refractivity contribution in [1.29, 1.82) is 0 Å². The molecule has 2 aromatic carbocycles. The Bertz CT molecular complexity index is 1300. The van der Waals surface area contributed by atoms with Crippen LogP contribution in [0.15, 0.2) is 36.4 Å². The largest absolute Gasteiger partial charge is 0.465 e. The minimum atomic E-state index is -1.21. The number of hydrogen-bond acceptors (Lipinski definition) is 4. The van der Waals surface area contributed by atoms with Crippen molar-refractivity contribution in [2.24, 2.45) is 0 Å². The van der Waals surface area contributed by atoms with Crippen LogP contribution in [0.5, 0.6) is 0 Å². The molecular weight excluding hydrogens is 537 g/mol. The first kappa shape index (κ1) is 29.5. The van der Waals surface area contributed by atoms with E-state index < -0.39 is 19.6 Å². The van der Waals surface area contributed by atoms with Gasteiger partial charge in [0.2, 0.25) is 0 Å². The summed E-state index contributed by atoms with van der Waals surface area (Å²) in [6, 6.07) is 11.4. The summed E-state index contributed by atoms with van der Waals surface area (Å²) in [6.45, 7) is 13.1. The number of hydrogen-bond donors (Lipinski definition) is 1. The van der Waals surface area contributed by atoms with Crippen LogP contribution in [0, 0.1) is 12.7 Å². The summed E-state index contributed by atoms with van der Waals surface area (Å²) < 4.78 is 28.2. The van der Waals surface area contributed by atoms with Crippen molar-refractivity contribution in [2.75, 3.05) is 26.3 Å². The average Bonchev–Trinajstić information content (AvgIpc) is 3.19. The Morgan fingerprint density at radius 3 is 2.49 bits per heavy atom. The smallest absolute Gasteiger partial charge is 0.407 e. The van der Waals surface area contributed by atoms with Gasteiger partial charge >= 0.3 is 6.09 Å². The van der Waals surface area contributed by atoms with Crippen molar-refractivity contribution in [3.05, 3.63) is 64.1 Å². The van der Waals surface area contributed by atoms with Gasteiger partial charge in [0.25, 0.3) is 0 Å².